The minimum atomic E-state index is -0.528. The summed E-state index contributed by atoms with van der Waals surface area (Å²) in [6.07, 6.45) is 5.13. The van der Waals surface area contributed by atoms with E-state index in [0.29, 0.717) is 10.8 Å². The molecule has 0 atom stereocenters. The van der Waals surface area contributed by atoms with Crippen molar-refractivity contribution in [2.45, 2.75) is 11.6 Å². The van der Waals surface area contributed by atoms with Gasteiger partial charge in [-0.05, 0) is 42.2 Å². The molecule has 2 aromatic heterocycles. The molecule has 9 heteroatoms. The number of fused-ring (bicyclic) bond motifs is 1. The van der Waals surface area contributed by atoms with Crippen LogP contribution in [0.1, 0.15) is 16.1 Å². The number of benzene rings is 2. The summed E-state index contributed by atoms with van der Waals surface area (Å²) in [4.78, 5) is 32.4. The number of hydrazine groups is 1. The number of halogens is 1. The molecule has 0 unspecified atom stereocenters. The molecule has 0 aliphatic rings. The lowest BCUT2D eigenvalue weighted by molar-refractivity contribution is -0.121. The van der Waals surface area contributed by atoms with Crippen LogP contribution in [0, 0.1) is 5.82 Å². The lowest BCUT2D eigenvalue weighted by atomic mass is 10.1. The molecule has 0 saturated carbocycles. The standard InChI is InChI=1S/C21H18FN5O2S/c1-30-21-24-12-18(27(21)15-8-6-14(22)7-9-15)20(29)26-25-19(28)10-13-11-23-17-5-3-2-4-16(13)17/h2-9,11-12,23H,10H2,1H3,(H,25,28)(H,26,29). The summed E-state index contributed by atoms with van der Waals surface area (Å²) in [5, 5.41) is 1.52. The van der Waals surface area contributed by atoms with Gasteiger partial charge in [0.15, 0.2) is 5.16 Å². The Hall–Kier alpha value is -3.59. The van der Waals surface area contributed by atoms with Crippen molar-refractivity contribution in [3.05, 3.63) is 78.0 Å². The maximum Gasteiger partial charge on any atom is 0.288 e. The third-order valence-corrected chi connectivity index (χ3v) is 5.22. The van der Waals surface area contributed by atoms with Crippen molar-refractivity contribution in [3.63, 3.8) is 0 Å². The fourth-order valence-corrected chi connectivity index (χ4v) is 3.71. The zero-order valence-corrected chi connectivity index (χ0v) is 16.8. The van der Waals surface area contributed by atoms with Gasteiger partial charge >= 0.3 is 0 Å². The van der Waals surface area contributed by atoms with E-state index in [4.69, 9.17) is 0 Å². The second-order valence-electron chi connectivity index (χ2n) is 6.48. The van der Waals surface area contributed by atoms with Gasteiger partial charge in [-0.1, -0.05) is 30.0 Å². The maximum atomic E-state index is 13.3. The molecular formula is C21H18FN5O2S. The largest absolute Gasteiger partial charge is 0.361 e. The smallest absolute Gasteiger partial charge is 0.288 e. The Kier molecular flexibility index (Phi) is 5.53. The predicted molar refractivity (Wildman–Crippen MR) is 113 cm³/mol. The lowest BCUT2D eigenvalue weighted by Crippen LogP contribution is -2.43. The molecule has 30 heavy (non-hydrogen) atoms. The third-order valence-electron chi connectivity index (χ3n) is 4.57. The molecule has 0 bridgehead atoms. The Morgan fingerprint density at radius 3 is 2.67 bits per heavy atom. The van der Waals surface area contributed by atoms with Crippen molar-refractivity contribution in [1.82, 2.24) is 25.4 Å². The number of imidazole rings is 1. The molecule has 0 radical (unpaired) electrons. The molecule has 2 aromatic carbocycles. The van der Waals surface area contributed by atoms with E-state index in [1.807, 2.05) is 30.5 Å². The number of amides is 2. The Morgan fingerprint density at radius 2 is 1.90 bits per heavy atom. The van der Waals surface area contributed by atoms with E-state index >= 15 is 0 Å². The highest BCUT2D eigenvalue weighted by Crippen LogP contribution is 2.22. The summed E-state index contributed by atoms with van der Waals surface area (Å²) in [7, 11) is 0. The van der Waals surface area contributed by atoms with E-state index < -0.39 is 5.91 Å². The van der Waals surface area contributed by atoms with Crippen LogP contribution in [0.3, 0.4) is 0 Å². The lowest BCUT2D eigenvalue weighted by Gasteiger charge is -2.12. The number of H-pyrrole nitrogens is 1. The number of hydrogen-bond donors (Lipinski definition) is 3. The average Bonchev–Trinajstić information content (AvgIpc) is 3.37. The van der Waals surface area contributed by atoms with Gasteiger partial charge in [0.05, 0.1) is 12.6 Å². The van der Waals surface area contributed by atoms with Crippen LogP contribution in [-0.2, 0) is 11.2 Å². The van der Waals surface area contributed by atoms with E-state index in [0.717, 1.165) is 16.5 Å². The number of thioether (sulfide) groups is 1. The zero-order valence-electron chi connectivity index (χ0n) is 16.0. The fraction of sp³-hybridized carbons (Fsp3) is 0.0952. The molecule has 0 aliphatic heterocycles. The van der Waals surface area contributed by atoms with Crippen LogP contribution in [0.5, 0.6) is 0 Å². The first-order valence-electron chi connectivity index (χ1n) is 9.08. The molecule has 0 aliphatic carbocycles. The first-order chi connectivity index (χ1) is 14.6. The summed E-state index contributed by atoms with van der Waals surface area (Å²) in [6.45, 7) is 0. The van der Waals surface area contributed by atoms with Gasteiger partial charge in [-0.15, -0.1) is 0 Å². The highest BCUT2D eigenvalue weighted by atomic mass is 32.2. The molecule has 2 heterocycles. The number of aromatic nitrogens is 3. The molecule has 2 amide bonds. The molecule has 4 aromatic rings. The third kappa shape index (κ3) is 3.92. The van der Waals surface area contributed by atoms with Crippen LogP contribution in [0.15, 0.2) is 66.1 Å². The van der Waals surface area contributed by atoms with Gasteiger partial charge in [0, 0.05) is 22.8 Å². The van der Waals surface area contributed by atoms with Gasteiger partial charge in [-0.25, -0.2) is 9.37 Å². The van der Waals surface area contributed by atoms with Crippen molar-refractivity contribution in [3.8, 4) is 5.69 Å². The van der Waals surface area contributed by atoms with Gasteiger partial charge in [-0.2, -0.15) is 0 Å². The topological polar surface area (TPSA) is 91.8 Å². The van der Waals surface area contributed by atoms with E-state index in [2.05, 4.69) is 20.8 Å². The van der Waals surface area contributed by atoms with Crippen LogP contribution in [0.4, 0.5) is 4.39 Å². The Morgan fingerprint density at radius 1 is 1.13 bits per heavy atom. The van der Waals surface area contributed by atoms with Crippen LogP contribution in [0.2, 0.25) is 0 Å². The normalized spacial score (nSPS) is 10.9. The highest BCUT2D eigenvalue weighted by Gasteiger charge is 2.18. The van der Waals surface area contributed by atoms with E-state index in [1.54, 1.807) is 22.9 Å². The number of carbonyl (C=O) groups excluding carboxylic acids is 2. The van der Waals surface area contributed by atoms with E-state index in [1.165, 1.54) is 30.1 Å². The molecule has 0 spiro atoms. The predicted octanol–water partition coefficient (Wildman–Crippen LogP) is 3.22. The number of rotatable bonds is 5. The molecule has 3 N–H and O–H groups in total. The molecular weight excluding hydrogens is 405 g/mol. The van der Waals surface area contributed by atoms with Crippen LogP contribution in [0.25, 0.3) is 16.6 Å². The average molecular weight is 423 g/mol. The van der Waals surface area contributed by atoms with Crippen molar-refractivity contribution >= 4 is 34.5 Å². The molecule has 0 fully saturated rings. The summed E-state index contributed by atoms with van der Waals surface area (Å²) < 4.78 is 14.9. The van der Waals surface area contributed by atoms with Gasteiger partial charge in [0.1, 0.15) is 11.5 Å². The maximum absolute atomic E-state index is 13.3. The van der Waals surface area contributed by atoms with Crippen LogP contribution >= 0.6 is 11.8 Å². The summed E-state index contributed by atoms with van der Waals surface area (Å²) in [6, 6.07) is 13.4. The molecule has 0 saturated heterocycles. The minimum absolute atomic E-state index is 0.109. The summed E-state index contributed by atoms with van der Waals surface area (Å²) in [5.41, 5.74) is 7.45. The van der Waals surface area contributed by atoms with Crippen molar-refractivity contribution in [2.75, 3.05) is 6.26 Å². The van der Waals surface area contributed by atoms with Crippen molar-refractivity contribution in [1.29, 1.82) is 0 Å². The monoisotopic (exact) mass is 423 g/mol. The minimum Gasteiger partial charge on any atom is -0.361 e. The Balaban J connectivity index is 1.47. The van der Waals surface area contributed by atoms with Gasteiger partial charge in [-0.3, -0.25) is 25.0 Å². The number of nitrogens with zero attached hydrogens (tertiary/aromatic N) is 2. The number of hydrogen-bond acceptors (Lipinski definition) is 4. The first kappa shape index (κ1) is 19.7. The second kappa shape index (κ2) is 8.42. The van der Waals surface area contributed by atoms with Crippen molar-refractivity contribution < 1.29 is 14.0 Å². The number of nitrogens with one attached hydrogen (secondary N) is 3. The number of carbonyl (C=O) groups is 2. The molecule has 7 nitrogen and oxygen atoms in total. The number of aromatic amines is 1. The zero-order chi connectivity index (χ0) is 21.1. The van der Waals surface area contributed by atoms with Gasteiger partial charge in [0.2, 0.25) is 5.91 Å². The van der Waals surface area contributed by atoms with Crippen LogP contribution < -0.4 is 10.9 Å². The highest BCUT2D eigenvalue weighted by molar-refractivity contribution is 7.98. The SMILES string of the molecule is CSc1ncc(C(=O)NNC(=O)Cc2c[nH]c3ccccc23)n1-c1ccc(F)cc1. The number of para-hydroxylation sites is 1. The summed E-state index contributed by atoms with van der Waals surface area (Å²) in [5.74, 6) is -1.26. The Bertz CT molecular complexity index is 1220. The Labute approximate surface area is 175 Å². The molecule has 4 rings (SSSR count). The van der Waals surface area contributed by atoms with Gasteiger partial charge in [0.25, 0.3) is 5.91 Å². The second-order valence-corrected chi connectivity index (χ2v) is 7.25. The van der Waals surface area contributed by atoms with E-state index in [-0.39, 0.29) is 23.8 Å². The quantitative estimate of drug-likeness (QED) is 0.340. The fourth-order valence-electron chi connectivity index (χ4n) is 3.16. The first-order valence-corrected chi connectivity index (χ1v) is 10.3. The molecule has 152 valence electrons. The van der Waals surface area contributed by atoms with Crippen molar-refractivity contribution in [2.24, 2.45) is 0 Å². The van der Waals surface area contributed by atoms with E-state index in [9.17, 15) is 14.0 Å². The summed E-state index contributed by atoms with van der Waals surface area (Å²) >= 11 is 1.35. The van der Waals surface area contributed by atoms with Crippen LogP contribution in [-0.4, -0.2) is 32.6 Å². The van der Waals surface area contributed by atoms with Gasteiger partial charge < -0.3 is 4.98 Å².